The molecule has 3 aliphatic carbocycles. The summed E-state index contributed by atoms with van der Waals surface area (Å²) < 4.78 is 43.0. The molecule has 2 heterocycles. The third-order valence-corrected chi connectivity index (χ3v) is 9.32. The molecule has 2 N–H and O–H groups in total. The van der Waals surface area contributed by atoms with Gasteiger partial charge in [-0.3, -0.25) is 9.59 Å². The predicted octanol–water partition coefficient (Wildman–Crippen LogP) is 4.68. The number of hydrogen-bond acceptors (Lipinski definition) is 4. The van der Waals surface area contributed by atoms with Crippen molar-refractivity contribution in [2.75, 3.05) is 25.5 Å². The molecule has 1 unspecified atom stereocenters. The molecule has 3 saturated carbocycles. The number of fused-ring (bicyclic) bond motifs is 3. The van der Waals surface area contributed by atoms with Crippen molar-refractivity contribution in [1.29, 1.82) is 0 Å². The molecular weight excluding hydrogens is 481 g/mol. The number of likely N-dealkylation sites (tertiary alicyclic amines) is 1. The van der Waals surface area contributed by atoms with Gasteiger partial charge in [-0.15, -0.1) is 0 Å². The molecule has 2 bridgehead atoms. The lowest BCUT2D eigenvalue weighted by molar-refractivity contribution is 0.0938. The van der Waals surface area contributed by atoms with Crippen molar-refractivity contribution in [3.05, 3.63) is 63.3 Å². The second-order valence-corrected chi connectivity index (χ2v) is 11.6. The number of amides is 1. The van der Waals surface area contributed by atoms with E-state index in [-0.39, 0.29) is 22.7 Å². The lowest BCUT2D eigenvalue weighted by Gasteiger charge is -2.30. The number of benzene rings is 1. The van der Waals surface area contributed by atoms with Crippen molar-refractivity contribution in [1.82, 2.24) is 14.8 Å². The number of carbonyl (C=O) groups excluding carboxylic acids is 1. The summed E-state index contributed by atoms with van der Waals surface area (Å²) in [5.41, 5.74) is -0.234. The molecule has 1 amide bonds. The summed E-state index contributed by atoms with van der Waals surface area (Å²) in [5.74, 6) is 0.118. The Kier molecular flexibility index (Phi) is 5.89. The van der Waals surface area contributed by atoms with Crippen LogP contribution in [0.5, 0.6) is 0 Å². The molecule has 1 aliphatic heterocycles. The number of rotatable bonds is 7. The molecule has 0 spiro atoms. The van der Waals surface area contributed by atoms with Crippen LogP contribution in [0.25, 0.3) is 0 Å². The molecule has 9 heteroatoms. The van der Waals surface area contributed by atoms with Crippen molar-refractivity contribution in [3.8, 4) is 0 Å². The van der Waals surface area contributed by atoms with E-state index >= 15 is 0 Å². The summed E-state index contributed by atoms with van der Waals surface area (Å²) in [5, 5.41) is 6.26. The highest BCUT2D eigenvalue weighted by atomic mass is 19.3. The van der Waals surface area contributed by atoms with Gasteiger partial charge in [-0.2, -0.15) is 0 Å². The molecule has 4 atom stereocenters. The predicted molar refractivity (Wildman–Crippen MR) is 134 cm³/mol. The molecule has 4 aliphatic rings. The fourth-order valence-corrected chi connectivity index (χ4v) is 7.26. The zero-order chi connectivity index (χ0) is 26.1. The van der Waals surface area contributed by atoms with E-state index in [1.54, 1.807) is 17.7 Å². The largest absolute Gasteiger partial charge is 0.381 e. The molecule has 6 rings (SSSR count). The van der Waals surface area contributed by atoms with E-state index in [0.717, 1.165) is 51.3 Å². The normalized spacial score (nSPS) is 31.0. The molecule has 1 aromatic carbocycles. The number of aromatic nitrogens is 1. The average molecular weight is 515 g/mol. The van der Waals surface area contributed by atoms with Crippen molar-refractivity contribution >= 4 is 11.6 Å². The zero-order valence-corrected chi connectivity index (χ0v) is 21.1. The van der Waals surface area contributed by atoms with Gasteiger partial charge in [0.2, 0.25) is 0 Å². The van der Waals surface area contributed by atoms with E-state index in [2.05, 4.69) is 22.6 Å². The van der Waals surface area contributed by atoms with E-state index in [0.29, 0.717) is 29.0 Å². The summed E-state index contributed by atoms with van der Waals surface area (Å²) in [6.45, 7) is 3.53. The summed E-state index contributed by atoms with van der Waals surface area (Å²) >= 11 is 0. The summed E-state index contributed by atoms with van der Waals surface area (Å²) in [6, 6.07) is 4.73. The van der Waals surface area contributed by atoms with Crippen LogP contribution in [-0.4, -0.2) is 41.6 Å². The number of pyridine rings is 1. The van der Waals surface area contributed by atoms with Crippen LogP contribution in [0.4, 0.5) is 18.9 Å². The minimum atomic E-state index is -2.94. The van der Waals surface area contributed by atoms with Gasteiger partial charge >= 0.3 is 0 Å². The lowest BCUT2D eigenvalue weighted by atomic mass is 9.93. The molecule has 1 saturated heterocycles. The van der Waals surface area contributed by atoms with Gasteiger partial charge in [0.05, 0.1) is 22.9 Å². The monoisotopic (exact) mass is 514 g/mol. The topological polar surface area (TPSA) is 66.4 Å². The summed E-state index contributed by atoms with van der Waals surface area (Å²) in [6.07, 6.45) is 3.70. The number of piperidine rings is 1. The molecule has 6 nitrogen and oxygen atoms in total. The van der Waals surface area contributed by atoms with E-state index in [4.69, 9.17) is 0 Å². The highest BCUT2D eigenvalue weighted by Crippen LogP contribution is 2.52. The van der Waals surface area contributed by atoms with E-state index in [1.165, 1.54) is 18.2 Å². The van der Waals surface area contributed by atoms with Crippen molar-refractivity contribution in [3.63, 3.8) is 0 Å². The maximum absolute atomic E-state index is 14.8. The highest BCUT2D eigenvalue weighted by molar-refractivity contribution is 5.99. The van der Waals surface area contributed by atoms with E-state index < -0.39 is 29.8 Å². The van der Waals surface area contributed by atoms with E-state index in [9.17, 15) is 22.8 Å². The Morgan fingerprint density at radius 1 is 1.14 bits per heavy atom. The molecule has 2 aromatic rings. The molecule has 0 radical (unpaired) electrons. The molecule has 1 aromatic heterocycles. The Labute approximate surface area is 214 Å². The number of nitrogens with one attached hydrogen (secondary N) is 2. The Morgan fingerprint density at radius 3 is 2.43 bits per heavy atom. The third kappa shape index (κ3) is 4.15. The van der Waals surface area contributed by atoms with Crippen molar-refractivity contribution in [2.45, 2.75) is 63.1 Å². The fraction of sp³-hybridized carbons (Fsp3) is 0.571. The summed E-state index contributed by atoms with van der Waals surface area (Å²) in [7, 11) is 2.09. The molecule has 37 heavy (non-hydrogen) atoms. The fourth-order valence-electron chi connectivity index (χ4n) is 7.26. The summed E-state index contributed by atoms with van der Waals surface area (Å²) in [4.78, 5) is 29.2. The Morgan fingerprint density at radius 2 is 1.81 bits per heavy atom. The third-order valence-electron chi connectivity index (χ3n) is 9.32. The van der Waals surface area contributed by atoms with Gasteiger partial charge in [-0.25, -0.2) is 13.2 Å². The van der Waals surface area contributed by atoms with Crippen LogP contribution in [0.3, 0.4) is 0 Å². The molecular formula is C28H33F3N4O2. The Bertz CT molecular complexity index is 1270. The van der Waals surface area contributed by atoms with Gasteiger partial charge < -0.3 is 20.1 Å². The highest BCUT2D eigenvalue weighted by Gasteiger charge is 2.55. The number of nitrogens with zero attached hydrogens (tertiary/aromatic N) is 2. The van der Waals surface area contributed by atoms with Crippen molar-refractivity contribution < 1.29 is 18.0 Å². The first-order valence-electron chi connectivity index (χ1n) is 13.3. The maximum atomic E-state index is 14.8. The van der Waals surface area contributed by atoms with Gasteiger partial charge in [0.15, 0.2) is 0 Å². The first kappa shape index (κ1) is 24.5. The number of alkyl halides is 2. The van der Waals surface area contributed by atoms with Gasteiger partial charge in [-0.1, -0.05) is 18.2 Å². The first-order chi connectivity index (χ1) is 17.7. The maximum Gasteiger partial charge on any atom is 0.266 e. The number of anilines is 1. The average Bonchev–Trinajstić information content (AvgIpc) is 3.27. The van der Waals surface area contributed by atoms with Crippen LogP contribution in [0.1, 0.15) is 73.0 Å². The standard InChI is InChI=1S/C28H33F3N4O2/c1-15(17-4-3-5-18(24(17)29)26(30)31)32-27(37)21-14-35(28-8-6-16(11-28)7-9-28)23(36)10-22(21)33-25-19-12-34(2)13-20(19)25/h3-5,10,14-16,19-20,25-26,33H,6-9,11-13H2,1-2H3,(H,32,37)/t15-,16?,19-,20+,25?,28?/m1/s1. The zero-order valence-electron chi connectivity index (χ0n) is 21.1. The van der Waals surface area contributed by atoms with Crippen LogP contribution in [0, 0.1) is 23.6 Å². The molecule has 4 fully saturated rings. The first-order valence-corrected chi connectivity index (χ1v) is 13.3. The Balaban J connectivity index is 1.32. The van der Waals surface area contributed by atoms with Crippen LogP contribution >= 0.6 is 0 Å². The lowest BCUT2D eigenvalue weighted by Crippen LogP contribution is -2.39. The number of halogens is 3. The quantitative estimate of drug-likeness (QED) is 0.563. The van der Waals surface area contributed by atoms with Gasteiger partial charge in [0, 0.05) is 42.5 Å². The Hall–Kier alpha value is -2.81. The SMILES string of the molecule is C[C@@H](NC(=O)c1cn(C23CCC(CC2)C3)c(=O)cc1NC1[C@H]2CN(C)C[C@@H]12)c1cccc(C(F)F)c1F. The van der Waals surface area contributed by atoms with Crippen LogP contribution in [-0.2, 0) is 5.54 Å². The minimum absolute atomic E-state index is 0.00163. The molecule has 198 valence electrons. The second-order valence-electron chi connectivity index (χ2n) is 11.6. The van der Waals surface area contributed by atoms with Gasteiger partial charge in [0.1, 0.15) is 5.82 Å². The smallest absolute Gasteiger partial charge is 0.266 e. The van der Waals surface area contributed by atoms with E-state index in [1.807, 2.05) is 0 Å². The van der Waals surface area contributed by atoms with Crippen molar-refractivity contribution in [2.24, 2.45) is 17.8 Å². The van der Waals surface area contributed by atoms with Gasteiger partial charge in [0.25, 0.3) is 17.9 Å². The van der Waals surface area contributed by atoms with Crippen LogP contribution < -0.4 is 16.2 Å². The van der Waals surface area contributed by atoms with Crippen LogP contribution in [0.15, 0.2) is 35.3 Å². The minimum Gasteiger partial charge on any atom is -0.381 e. The number of carbonyl (C=O) groups is 1. The second kappa shape index (κ2) is 8.89. The van der Waals surface area contributed by atoms with Gasteiger partial charge in [-0.05, 0) is 63.8 Å². The van der Waals surface area contributed by atoms with Crippen LogP contribution in [0.2, 0.25) is 0 Å². The number of hydrogen-bond donors (Lipinski definition) is 2.